The lowest BCUT2D eigenvalue weighted by atomic mass is 10.0. The first-order chi connectivity index (χ1) is 13.3. The van der Waals surface area contributed by atoms with Crippen LogP contribution in [0.4, 0.5) is 5.69 Å². The molecule has 2 rings (SSSR count). The van der Waals surface area contributed by atoms with Gasteiger partial charge in [0.15, 0.2) is 0 Å². The number of methoxy groups -OCH3 is 1. The lowest BCUT2D eigenvalue weighted by Crippen LogP contribution is -2.28. The Morgan fingerprint density at radius 1 is 1.07 bits per heavy atom. The molecule has 1 atom stereocenters. The number of benzene rings is 2. The summed E-state index contributed by atoms with van der Waals surface area (Å²) in [6.07, 6.45) is 0. The van der Waals surface area contributed by atoms with E-state index in [1.807, 2.05) is 44.2 Å². The van der Waals surface area contributed by atoms with E-state index in [-0.39, 0.29) is 5.97 Å². The number of ether oxygens (including phenoxy) is 3. The molecule has 1 unspecified atom stereocenters. The maximum atomic E-state index is 11.9. The maximum Gasteiger partial charge on any atom is 0.328 e. The van der Waals surface area contributed by atoms with Crippen molar-refractivity contribution in [3.8, 4) is 17.2 Å². The average Bonchev–Trinajstić information content (AvgIpc) is 2.64. The van der Waals surface area contributed by atoms with E-state index < -0.39 is 6.04 Å². The zero-order chi connectivity index (χ0) is 20.8. The highest BCUT2D eigenvalue weighted by molar-refractivity contribution is 5.79. The Morgan fingerprint density at radius 2 is 1.71 bits per heavy atom. The number of nitrogens with one attached hydrogen (secondary N) is 1. The quantitative estimate of drug-likeness (QED) is 0.600. The summed E-state index contributed by atoms with van der Waals surface area (Å²) >= 11 is 0. The van der Waals surface area contributed by atoms with E-state index in [1.165, 1.54) is 0 Å². The number of esters is 1. The van der Waals surface area contributed by atoms with Crippen molar-refractivity contribution in [1.29, 1.82) is 0 Å². The summed E-state index contributed by atoms with van der Waals surface area (Å²) in [7, 11) is 1.66. The molecule has 0 saturated heterocycles. The van der Waals surface area contributed by atoms with Gasteiger partial charge in [-0.05, 0) is 75.1 Å². The Kier molecular flexibility index (Phi) is 7.32. The molecule has 0 radical (unpaired) electrons. The summed E-state index contributed by atoms with van der Waals surface area (Å²) in [6, 6.07) is 9.42. The monoisotopic (exact) mass is 385 g/mol. The minimum atomic E-state index is -0.417. The molecule has 0 aliphatic rings. The van der Waals surface area contributed by atoms with E-state index in [2.05, 4.69) is 19.2 Å². The zero-order valence-corrected chi connectivity index (χ0v) is 17.9. The highest BCUT2D eigenvalue weighted by Gasteiger charge is 2.17. The van der Waals surface area contributed by atoms with Gasteiger partial charge >= 0.3 is 5.97 Å². The SMILES string of the molecule is CCOC(=O)C(C)Nc1cc(C)c(Oc2ccc(OC)cc2C(C)C)c(C)c1. The molecule has 2 aromatic carbocycles. The van der Waals surface area contributed by atoms with E-state index in [0.717, 1.165) is 39.6 Å². The highest BCUT2D eigenvalue weighted by atomic mass is 16.5. The van der Waals surface area contributed by atoms with Gasteiger partial charge in [-0.2, -0.15) is 0 Å². The summed E-state index contributed by atoms with van der Waals surface area (Å²) in [5, 5.41) is 3.20. The van der Waals surface area contributed by atoms with E-state index in [9.17, 15) is 4.79 Å². The van der Waals surface area contributed by atoms with Crippen molar-refractivity contribution >= 4 is 11.7 Å². The summed E-state index contributed by atoms with van der Waals surface area (Å²) in [6.45, 7) is 12.2. The molecular formula is C23H31NO4. The van der Waals surface area contributed by atoms with Gasteiger partial charge in [0.1, 0.15) is 23.3 Å². The zero-order valence-electron chi connectivity index (χ0n) is 17.9. The minimum Gasteiger partial charge on any atom is -0.497 e. The van der Waals surface area contributed by atoms with E-state index >= 15 is 0 Å². The Hall–Kier alpha value is -2.69. The fourth-order valence-electron chi connectivity index (χ4n) is 3.08. The summed E-state index contributed by atoms with van der Waals surface area (Å²) in [5.74, 6) is 2.50. The fraction of sp³-hybridized carbons (Fsp3) is 0.435. The largest absolute Gasteiger partial charge is 0.497 e. The van der Waals surface area contributed by atoms with Crippen LogP contribution in [-0.4, -0.2) is 25.7 Å². The predicted molar refractivity (Wildman–Crippen MR) is 113 cm³/mol. The van der Waals surface area contributed by atoms with E-state index in [0.29, 0.717) is 12.5 Å². The second-order valence-electron chi connectivity index (χ2n) is 7.22. The predicted octanol–water partition coefficient (Wildman–Crippen LogP) is 5.59. The number of hydrogen-bond donors (Lipinski definition) is 1. The van der Waals surface area contributed by atoms with Gasteiger partial charge < -0.3 is 19.5 Å². The van der Waals surface area contributed by atoms with Crippen LogP contribution in [-0.2, 0) is 9.53 Å². The third-order valence-corrected chi connectivity index (χ3v) is 4.53. The normalized spacial score (nSPS) is 11.9. The number of carbonyl (C=O) groups is 1. The van der Waals surface area contributed by atoms with Crippen LogP contribution < -0.4 is 14.8 Å². The average molecular weight is 386 g/mol. The topological polar surface area (TPSA) is 56.8 Å². The Balaban J connectivity index is 2.28. The van der Waals surface area contributed by atoms with Crippen LogP contribution in [0.3, 0.4) is 0 Å². The minimum absolute atomic E-state index is 0.266. The van der Waals surface area contributed by atoms with E-state index in [1.54, 1.807) is 21.0 Å². The number of aryl methyl sites for hydroxylation is 2. The second-order valence-corrected chi connectivity index (χ2v) is 7.22. The molecule has 1 N–H and O–H groups in total. The summed E-state index contributed by atoms with van der Waals surface area (Å²) in [4.78, 5) is 11.9. The molecule has 5 nitrogen and oxygen atoms in total. The van der Waals surface area contributed by atoms with Gasteiger partial charge in [-0.3, -0.25) is 0 Å². The molecule has 0 heterocycles. The second kappa shape index (κ2) is 9.49. The van der Waals surface area contributed by atoms with Gasteiger partial charge in [-0.1, -0.05) is 13.8 Å². The molecule has 0 amide bonds. The van der Waals surface area contributed by atoms with Crippen molar-refractivity contribution < 1.29 is 19.0 Å². The molecule has 0 aliphatic heterocycles. The first-order valence-electron chi connectivity index (χ1n) is 9.67. The van der Waals surface area contributed by atoms with Crippen LogP contribution in [0.1, 0.15) is 50.3 Å². The van der Waals surface area contributed by atoms with Gasteiger partial charge in [0.2, 0.25) is 0 Å². The van der Waals surface area contributed by atoms with Crippen molar-refractivity contribution in [3.63, 3.8) is 0 Å². The van der Waals surface area contributed by atoms with Crippen LogP contribution in [0.15, 0.2) is 30.3 Å². The molecule has 0 aromatic heterocycles. The van der Waals surface area contributed by atoms with E-state index in [4.69, 9.17) is 14.2 Å². The van der Waals surface area contributed by atoms with Gasteiger partial charge in [-0.15, -0.1) is 0 Å². The summed E-state index contributed by atoms with van der Waals surface area (Å²) in [5.41, 5.74) is 3.94. The first kappa shape index (κ1) is 21.6. The number of hydrogen-bond acceptors (Lipinski definition) is 5. The van der Waals surface area contributed by atoms with Crippen molar-refractivity contribution in [2.45, 2.75) is 53.5 Å². The maximum absolute atomic E-state index is 11.9. The molecule has 0 spiro atoms. The number of carbonyl (C=O) groups excluding carboxylic acids is 1. The third kappa shape index (κ3) is 5.18. The molecule has 0 saturated carbocycles. The fourth-order valence-corrected chi connectivity index (χ4v) is 3.08. The number of anilines is 1. The molecule has 2 aromatic rings. The van der Waals surface area contributed by atoms with Crippen LogP contribution in [0.2, 0.25) is 0 Å². The Morgan fingerprint density at radius 3 is 2.25 bits per heavy atom. The van der Waals surface area contributed by atoms with Gasteiger partial charge in [-0.25, -0.2) is 4.79 Å². The standard InChI is InChI=1S/C23H31NO4/c1-8-27-23(25)17(6)24-18-11-15(4)22(16(5)12-18)28-21-10-9-19(26-7)13-20(21)14(2)3/h9-14,17,24H,8H2,1-7H3. The van der Waals surface area contributed by atoms with Crippen LogP contribution >= 0.6 is 0 Å². The van der Waals surface area contributed by atoms with Crippen LogP contribution in [0.5, 0.6) is 17.2 Å². The Labute approximate surface area is 168 Å². The summed E-state index contributed by atoms with van der Waals surface area (Å²) < 4.78 is 16.7. The molecule has 0 bridgehead atoms. The highest BCUT2D eigenvalue weighted by Crippen LogP contribution is 2.37. The first-order valence-corrected chi connectivity index (χ1v) is 9.67. The molecule has 0 fully saturated rings. The van der Waals surface area contributed by atoms with Gasteiger partial charge in [0.05, 0.1) is 13.7 Å². The number of rotatable bonds is 8. The lowest BCUT2D eigenvalue weighted by molar-refractivity contribution is -0.143. The van der Waals surface area contributed by atoms with Gasteiger partial charge in [0.25, 0.3) is 0 Å². The molecule has 28 heavy (non-hydrogen) atoms. The van der Waals surface area contributed by atoms with Gasteiger partial charge in [0, 0.05) is 11.3 Å². The molecule has 152 valence electrons. The van der Waals surface area contributed by atoms with Crippen LogP contribution in [0.25, 0.3) is 0 Å². The third-order valence-electron chi connectivity index (χ3n) is 4.53. The van der Waals surface area contributed by atoms with Crippen LogP contribution in [0, 0.1) is 13.8 Å². The lowest BCUT2D eigenvalue weighted by Gasteiger charge is -2.20. The van der Waals surface area contributed by atoms with Crippen molar-refractivity contribution in [2.24, 2.45) is 0 Å². The smallest absolute Gasteiger partial charge is 0.328 e. The van der Waals surface area contributed by atoms with Crippen molar-refractivity contribution in [2.75, 3.05) is 19.0 Å². The molecule has 0 aliphatic carbocycles. The van der Waals surface area contributed by atoms with Crippen molar-refractivity contribution in [3.05, 3.63) is 47.0 Å². The Bertz CT molecular complexity index is 806. The molecule has 5 heteroatoms. The van der Waals surface area contributed by atoms with Crippen molar-refractivity contribution in [1.82, 2.24) is 0 Å². The molecular weight excluding hydrogens is 354 g/mol.